The van der Waals surface area contributed by atoms with Crippen LogP contribution < -0.4 is 5.69 Å². The molecule has 5 heterocycles. The minimum atomic E-state index is -2.86. The highest BCUT2D eigenvalue weighted by molar-refractivity contribution is 5.76. The molecule has 0 amide bonds. The molecule has 10 nitrogen and oxygen atoms in total. The Morgan fingerprint density at radius 1 is 0.952 bits per heavy atom. The minimum absolute atomic E-state index is 0.00344. The van der Waals surface area contributed by atoms with E-state index < -0.39 is 18.1 Å². The van der Waals surface area contributed by atoms with E-state index in [1.807, 2.05) is 0 Å². The largest absolute Gasteiger partial charge is 0.415 e. The van der Waals surface area contributed by atoms with Gasteiger partial charge in [0.05, 0.1) is 42.0 Å². The van der Waals surface area contributed by atoms with Gasteiger partial charge in [0.1, 0.15) is 5.82 Å². The molecule has 0 radical (unpaired) electrons. The highest BCUT2D eigenvalue weighted by atomic mass is 19.3. The second-order valence-electron chi connectivity index (χ2n) is 11.3. The number of halogens is 3. The first kappa shape index (κ1) is 27.3. The van der Waals surface area contributed by atoms with Crippen LogP contribution in [0.25, 0.3) is 22.5 Å². The van der Waals surface area contributed by atoms with E-state index in [4.69, 9.17) is 13.9 Å². The number of nitrogens with zero attached hydrogens (tertiary/aromatic N) is 6. The van der Waals surface area contributed by atoms with E-state index in [1.165, 1.54) is 22.9 Å². The van der Waals surface area contributed by atoms with Crippen molar-refractivity contribution in [1.29, 1.82) is 0 Å². The van der Waals surface area contributed by atoms with E-state index in [0.29, 0.717) is 41.5 Å². The number of imidazole rings is 1. The van der Waals surface area contributed by atoms with Gasteiger partial charge in [0.15, 0.2) is 5.79 Å². The first-order chi connectivity index (χ1) is 20.4. The predicted molar refractivity (Wildman–Crippen MR) is 144 cm³/mol. The van der Waals surface area contributed by atoms with Crippen LogP contribution in [0.1, 0.15) is 62.6 Å². The number of hydrogen-bond donors (Lipinski definition) is 0. The van der Waals surface area contributed by atoms with Gasteiger partial charge in [-0.25, -0.2) is 9.18 Å². The zero-order valence-corrected chi connectivity index (χ0v) is 22.9. The number of piperidine rings is 1. The van der Waals surface area contributed by atoms with Crippen LogP contribution in [0.15, 0.2) is 45.7 Å². The van der Waals surface area contributed by atoms with Crippen LogP contribution in [0, 0.1) is 5.82 Å². The van der Waals surface area contributed by atoms with Gasteiger partial charge in [-0.15, -0.1) is 10.2 Å². The fourth-order valence-corrected chi connectivity index (χ4v) is 6.71. The van der Waals surface area contributed by atoms with Gasteiger partial charge in [-0.3, -0.25) is 14.1 Å². The van der Waals surface area contributed by atoms with Gasteiger partial charge in [0.25, 0.3) is 5.89 Å². The average molecular weight is 585 g/mol. The number of fused-ring (bicyclic) bond motifs is 1. The Morgan fingerprint density at radius 3 is 2.38 bits per heavy atom. The molecule has 1 aliphatic carbocycles. The molecule has 3 aromatic heterocycles. The van der Waals surface area contributed by atoms with Gasteiger partial charge in [-0.2, -0.15) is 8.78 Å². The number of alkyl halides is 2. The first-order valence-electron chi connectivity index (χ1n) is 14.4. The van der Waals surface area contributed by atoms with Crippen molar-refractivity contribution in [2.75, 3.05) is 26.3 Å². The van der Waals surface area contributed by atoms with Gasteiger partial charge in [0, 0.05) is 44.2 Å². The molecule has 0 N–H and O–H groups in total. The summed E-state index contributed by atoms with van der Waals surface area (Å²) >= 11 is 0. The van der Waals surface area contributed by atoms with E-state index in [-0.39, 0.29) is 30.0 Å². The number of aromatic nitrogens is 5. The molecule has 3 aliphatic rings. The monoisotopic (exact) mass is 584 g/mol. The van der Waals surface area contributed by atoms with Crippen LogP contribution >= 0.6 is 0 Å². The number of benzene rings is 1. The molecule has 222 valence electrons. The Morgan fingerprint density at radius 2 is 1.71 bits per heavy atom. The van der Waals surface area contributed by atoms with Gasteiger partial charge in [-0.05, 0) is 56.0 Å². The molecule has 0 unspecified atom stereocenters. The lowest BCUT2D eigenvalue weighted by atomic mass is 9.88. The molecular weight excluding hydrogens is 553 g/mol. The zero-order chi connectivity index (χ0) is 28.8. The van der Waals surface area contributed by atoms with Crippen molar-refractivity contribution in [3.05, 3.63) is 64.4 Å². The molecule has 42 heavy (non-hydrogen) atoms. The van der Waals surface area contributed by atoms with Crippen molar-refractivity contribution in [2.45, 2.75) is 69.4 Å². The lowest BCUT2D eigenvalue weighted by molar-refractivity contribution is -0.184. The molecule has 1 aromatic carbocycles. The summed E-state index contributed by atoms with van der Waals surface area (Å²) in [4.78, 5) is 20.7. The normalized spacial score (nSPS) is 20.4. The molecule has 0 atom stereocenters. The maximum Gasteiger partial charge on any atom is 0.329 e. The molecule has 13 heteroatoms. The SMILES string of the molecule is O=c1n(Cc2ccc(-c3nnc(C(F)F)o3)cn2)c2cc(F)ccc2n1C1CCN(C2CCC3(CC2)OCCO3)CC1. The number of pyridine rings is 1. The third-order valence-corrected chi connectivity index (χ3v) is 8.85. The molecule has 1 saturated carbocycles. The van der Waals surface area contributed by atoms with Crippen molar-refractivity contribution < 1.29 is 27.1 Å². The Balaban J connectivity index is 1.08. The average Bonchev–Trinajstić information content (AvgIpc) is 3.74. The highest BCUT2D eigenvalue weighted by Gasteiger charge is 2.42. The fourth-order valence-electron chi connectivity index (χ4n) is 6.71. The van der Waals surface area contributed by atoms with Crippen molar-refractivity contribution in [3.8, 4) is 11.5 Å². The third-order valence-electron chi connectivity index (χ3n) is 8.85. The molecule has 1 spiro atoms. The molecular formula is C29H31F3N6O4. The van der Waals surface area contributed by atoms with Gasteiger partial charge >= 0.3 is 12.1 Å². The van der Waals surface area contributed by atoms with Crippen LogP contribution in [0.3, 0.4) is 0 Å². The summed E-state index contributed by atoms with van der Waals surface area (Å²) < 4.78 is 60.1. The van der Waals surface area contributed by atoms with Crippen LogP contribution in [-0.2, 0) is 16.0 Å². The Kier molecular flexibility index (Phi) is 7.11. The first-order valence-corrected chi connectivity index (χ1v) is 14.4. The van der Waals surface area contributed by atoms with E-state index in [9.17, 15) is 18.0 Å². The smallest absolute Gasteiger partial charge is 0.329 e. The van der Waals surface area contributed by atoms with Gasteiger partial charge < -0.3 is 18.8 Å². The number of likely N-dealkylation sites (tertiary alicyclic amines) is 1. The van der Waals surface area contributed by atoms with Crippen molar-refractivity contribution in [1.82, 2.24) is 29.2 Å². The van der Waals surface area contributed by atoms with Crippen LogP contribution in [0.5, 0.6) is 0 Å². The van der Waals surface area contributed by atoms with Crippen LogP contribution in [-0.4, -0.2) is 67.3 Å². The summed E-state index contributed by atoms with van der Waals surface area (Å²) in [7, 11) is 0. The fraction of sp³-hybridized carbons (Fsp3) is 0.517. The van der Waals surface area contributed by atoms with E-state index in [2.05, 4.69) is 20.1 Å². The summed E-state index contributed by atoms with van der Waals surface area (Å²) in [5.41, 5.74) is 1.89. The minimum Gasteiger partial charge on any atom is -0.415 e. The summed E-state index contributed by atoms with van der Waals surface area (Å²) in [6, 6.07) is 8.19. The van der Waals surface area contributed by atoms with Crippen molar-refractivity contribution in [3.63, 3.8) is 0 Å². The predicted octanol–water partition coefficient (Wildman–Crippen LogP) is 4.70. The van der Waals surface area contributed by atoms with Crippen LogP contribution in [0.2, 0.25) is 0 Å². The van der Waals surface area contributed by atoms with E-state index >= 15 is 0 Å². The molecule has 7 rings (SSSR count). The summed E-state index contributed by atoms with van der Waals surface area (Å²) in [5, 5.41) is 6.98. The number of rotatable bonds is 6. The summed E-state index contributed by atoms with van der Waals surface area (Å²) in [6.45, 7) is 3.24. The molecule has 2 aliphatic heterocycles. The topological polar surface area (TPSA) is 100 Å². The van der Waals surface area contributed by atoms with Gasteiger partial charge in [-0.1, -0.05) is 0 Å². The van der Waals surface area contributed by atoms with E-state index in [0.717, 1.165) is 51.6 Å². The second kappa shape index (κ2) is 10.9. The van der Waals surface area contributed by atoms with Crippen molar-refractivity contribution in [2.24, 2.45) is 0 Å². The Hall–Kier alpha value is -3.55. The number of ether oxygens (including phenoxy) is 2. The van der Waals surface area contributed by atoms with Crippen molar-refractivity contribution >= 4 is 11.0 Å². The molecule has 4 aromatic rings. The van der Waals surface area contributed by atoms with Crippen LogP contribution in [0.4, 0.5) is 13.2 Å². The molecule has 2 saturated heterocycles. The Labute approximate surface area is 239 Å². The summed E-state index contributed by atoms with van der Waals surface area (Å²) in [5.74, 6) is -1.64. The lowest BCUT2D eigenvalue weighted by Crippen LogP contribution is -2.47. The maximum atomic E-state index is 14.4. The van der Waals surface area contributed by atoms with Gasteiger partial charge in [0.2, 0.25) is 5.89 Å². The Bertz CT molecular complexity index is 1610. The quantitative estimate of drug-likeness (QED) is 0.322. The lowest BCUT2D eigenvalue weighted by Gasteiger charge is -2.43. The third kappa shape index (κ3) is 5.03. The summed E-state index contributed by atoms with van der Waals surface area (Å²) in [6.07, 6.45) is 4.11. The molecule has 0 bridgehead atoms. The molecule has 3 fully saturated rings. The highest BCUT2D eigenvalue weighted by Crippen LogP contribution is 2.39. The maximum absolute atomic E-state index is 14.4. The standard InChI is InChI=1S/C29H31F3N6O4/c30-19-2-4-23-24(15-19)37(17-20-3-1-18(16-33-20)26-34-35-27(42-26)25(31)32)28(39)38(23)22-7-11-36(12-8-22)21-5-9-29(10-6-21)40-13-14-41-29/h1-4,15-16,21-22,25H,5-14,17H2. The zero-order valence-electron chi connectivity index (χ0n) is 22.9. The number of hydrogen-bond acceptors (Lipinski definition) is 8. The second-order valence-corrected chi connectivity index (χ2v) is 11.3. The van der Waals surface area contributed by atoms with E-state index in [1.54, 1.807) is 22.8 Å².